The smallest absolute Gasteiger partial charge is 0.309 e. The van der Waals surface area contributed by atoms with E-state index >= 15 is 0 Å². The third kappa shape index (κ3) is 12.5. The van der Waals surface area contributed by atoms with Gasteiger partial charge in [0.25, 0.3) is 0 Å². The lowest BCUT2D eigenvalue weighted by molar-refractivity contribution is -0.157. The number of ether oxygens (including phenoxy) is 4. The van der Waals surface area contributed by atoms with Crippen molar-refractivity contribution in [1.82, 2.24) is 4.90 Å². The molecule has 0 amide bonds. The lowest BCUT2D eigenvalue weighted by atomic mass is 9.85. The number of epoxide rings is 1. The maximum absolute atomic E-state index is 14.9. The molecule has 298 valence electrons. The van der Waals surface area contributed by atoms with Crippen LogP contribution in [0.3, 0.4) is 0 Å². The molecule has 0 bridgehead atoms. The molecular weight excluding hydrogens is 692 g/mol. The van der Waals surface area contributed by atoms with Gasteiger partial charge in [0.15, 0.2) is 0 Å². The van der Waals surface area contributed by atoms with E-state index in [9.17, 15) is 38.8 Å². The molecule has 53 heavy (non-hydrogen) atoms. The fourth-order valence-electron chi connectivity index (χ4n) is 7.22. The number of cyclic esters (lactones) is 1. The summed E-state index contributed by atoms with van der Waals surface area (Å²) < 4.78 is 51.8. The van der Waals surface area contributed by atoms with Gasteiger partial charge >= 0.3 is 11.9 Å². The number of carbonyl (C=O) groups excluding carboxylic acids is 2. The number of aliphatic hydroxyl groups excluding tert-OH is 2. The molecule has 0 aromatic heterocycles. The van der Waals surface area contributed by atoms with E-state index in [0.29, 0.717) is 5.57 Å². The normalized spacial score (nSPS) is 30.2. The second-order valence-electron chi connectivity index (χ2n) is 14.9. The van der Waals surface area contributed by atoms with E-state index in [4.69, 9.17) is 18.9 Å². The number of halogens is 2. The fraction of sp³-hybridized carbons (Fsp3) is 0.650. The van der Waals surface area contributed by atoms with Crippen molar-refractivity contribution in [2.45, 2.75) is 135 Å². The Morgan fingerprint density at radius 1 is 1.23 bits per heavy atom. The van der Waals surface area contributed by atoms with Crippen molar-refractivity contribution < 1.29 is 57.7 Å². The van der Waals surface area contributed by atoms with E-state index in [-0.39, 0.29) is 62.6 Å². The first-order valence-corrected chi connectivity index (χ1v) is 18.4. The van der Waals surface area contributed by atoms with Crippen molar-refractivity contribution in [2.24, 2.45) is 11.8 Å². The summed E-state index contributed by atoms with van der Waals surface area (Å²) >= 11 is 0. The summed E-state index contributed by atoms with van der Waals surface area (Å²) in [5.74, 6) is -3.21. The van der Waals surface area contributed by atoms with Crippen LogP contribution in [0.4, 0.5) is 8.78 Å². The summed E-state index contributed by atoms with van der Waals surface area (Å²) in [5.41, 5.74) is -2.37. The molecule has 3 unspecified atom stereocenters. The number of nitrogens with zero attached hydrogens (tertiary/aromatic N) is 1. The average molecular weight is 752 g/mol. The Kier molecular flexibility index (Phi) is 16.3. The van der Waals surface area contributed by atoms with Crippen molar-refractivity contribution in [3.05, 3.63) is 71.4 Å². The van der Waals surface area contributed by atoms with E-state index < -0.39 is 71.2 Å². The Hall–Kier alpha value is -3.04. The van der Waals surface area contributed by atoms with Gasteiger partial charge in [-0.15, -0.1) is 0 Å². The van der Waals surface area contributed by atoms with Gasteiger partial charge in [0, 0.05) is 50.6 Å². The van der Waals surface area contributed by atoms with E-state index in [0.717, 1.165) is 18.6 Å². The van der Waals surface area contributed by atoms with Crippen LogP contribution in [0.5, 0.6) is 0 Å². The zero-order chi connectivity index (χ0) is 39.7. The van der Waals surface area contributed by atoms with Crippen molar-refractivity contribution in [3.8, 4) is 0 Å². The molecule has 2 aliphatic heterocycles. The summed E-state index contributed by atoms with van der Waals surface area (Å²) in [5, 5.41) is 43.9. The number of hydrogen-bond donors (Lipinski definition) is 4. The van der Waals surface area contributed by atoms with Gasteiger partial charge in [0.2, 0.25) is 0 Å². The molecule has 1 aromatic carbocycles. The van der Waals surface area contributed by atoms with E-state index in [1.165, 1.54) is 19.9 Å². The molecule has 0 spiro atoms. The molecule has 11 nitrogen and oxygen atoms in total. The molecule has 0 aliphatic carbocycles. The Balaban J connectivity index is 1.99. The van der Waals surface area contributed by atoms with Crippen molar-refractivity contribution in [3.63, 3.8) is 0 Å². The molecule has 11 atom stereocenters. The first-order valence-electron chi connectivity index (χ1n) is 18.4. The fourth-order valence-corrected chi connectivity index (χ4v) is 7.22. The molecule has 2 heterocycles. The van der Waals surface area contributed by atoms with Gasteiger partial charge in [-0.05, 0) is 57.7 Å². The molecule has 1 fully saturated rings. The maximum Gasteiger partial charge on any atom is 0.309 e. The second kappa shape index (κ2) is 19.5. The number of hydrogen-bond acceptors (Lipinski definition) is 11. The second-order valence-corrected chi connectivity index (χ2v) is 14.9. The van der Waals surface area contributed by atoms with Gasteiger partial charge in [-0.1, -0.05) is 51.1 Å². The quantitative estimate of drug-likeness (QED) is 0.0863. The molecule has 4 N–H and O–H groups in total. The zero-order valence-electron chi connectivity index (χ0n) is 32.2. The number of rotatable bonds is 15. The summed E-state index contributed by atoms with van der Waals surface area (Å²) in [4.78, 5) is 26.5. The molecule has 1 saturated heterocycles. The van der Waals surface area contributed by atoms with Crippen LogP contribution >= 0.6 is 0 Å². The minimum atomic E-state index is -1.63. The first kappa shape index (κ1) is 44.4. The minimum Gasteiger partial charge on any atom is -0.457 e. The van der Waals surface area contributed by atoms with E-state index in [1.54, 1.807) is 63.2 Å². The van der Waals surface area contributed by atoms with Crippen molar-refractivity contribution in [1.29, 1.82) is 0 Å². The van der Waals surface area contributed by atoms with Gasteiger partial charge in [0.1, 0.15) is 35.5 Å². The molecular formula is C40H59F2NO10. The highest BCUT2D eigenvalue weighted by Crippen LogP contribution is 2.41. The molecule has 2 aliphatic rings. The van der Waals surface area contributed by atoms with Crippen LogP contribution in [0.2, 0.25) is 0 Å². The Morgan fingerprint density at radius 2 is 1.92 bits per heavy atom. The number of esters is 2. The van der Waals surface area contributed by atoms with Gasteiger partial charge in [-0.3, -0.25) is 14.5 Å². The molecule has 1 aromatic rings. The predicted octanol–water partition coefficient (Wildman–Crippen LogP) is 4.54. The maximum atomic E-state index is 14.9. The highest BCUT2D eigenvalue weighted by molar-refractivity contribution is 5.70. The monoisotopic (exact) mass is 751 g/mol. The highest BCUT2D eigenvalue weighted by atomic mass is 19.1. The van der Waals surface area contributed by atoms with Crippen molar-refractivity contribution in [2.75, 3.05) is 20.3 Å². The predicted molar refractivity (Wildman–Crippen MR) is 194 cm³/mol. The Bertz CT molecular complexity index is 1460. The van der Waals surface area contributed by atoms with Crippen LogP contribution in [0.15, 0.2) is 54.2 Å². The van der Waals surface area contributed by atoms with Gasteiger partial charge < -0.3 is 39.4 Å². The van der Waals surface area contributed by atoms with E-state index in [1.807, 2.05) is 13.8 Å². The van der Waals surface area contributed by atoms with Crippen LogP contribution < -0.4 is 0 Å². The molecule has 0 radical (unpaired) electrons. The molecule has 0 saturated carbocycles. The lowest BCUT2D eigenvalue weighted by Gasteiger charge is -2.39. The molecule has 13 heteroatoms. The zero-order valence-corrected chi connectivity index (χ0v) is 32.2. The number of methoxy groups -OCH3 is 1. The summed E-state index contributed by atoms with van der Waals surface area (Å²) in [6.45, 7) is 11.6. The highest BCUT2D eigenvalue weighted by Gasteiger charge is 2.56. The Labute approximate surface area is 312 Å². The number of benzene rings is 1. The van der Waals surface area contributed by atoms with Gasteiger partial charge in [0.05, 0.1) is 43.0 Å². The first-order chi connectivity index (χ1) is 24.8. The van der Waals surface area contributed by atoms with Gasteiger partial charge in [-0.2, -0.15) is 0 Å². The topological polar surface area (TPSA) is 159 Å². The van der Waals surface area contributed by atoms with E-state index in [2.05, 4.69) is 0 Å². The van der Waals surface area contributed by atoms with Crippen LogP contribution in [0, 0.1) is 23.5 Å². The number of allylic oxidation sites excluding steroid dienone is 2. The number of aliphatic hydroxyl groups is 4. The lowest BCUT2D eigenvalue weighted by Crippen LogP contribution is -2.55. The standard InChI is InChI=1S/C40H59F2NO10/c1-9-32(50-8)26(4)36-37(53-36)38(43(19-20-44)23-28-13-14-29(41)21-31(28)42)40(7,49)17-10-11-24(2)35-25(3)12-15-33(51-27(5)45)39(6,48)18-16-30(46)22-34(47)52-35/h10-15,17,21,25-26,30,32-33,35-38,44,46,48-49H,9,16,18-20,22-23H2,1-8H3/t25-,26+,30+,32-,33-,35+,36+,37-,38?,39?,40?/m0/s1. The van der Waals surface area contributed by atoms with Crippen LogP contribution in [0.25, 0.3) is 0 Å². The molecule has 3 rings (SSSR count). The average Bonchev–Trinajstić information content (AvgIpc) is 3.85. The van der Waals surface area contributed by atoms with Gasteiger partial charge in [-0.25, -0.2) is 8.78 Å². The minimum absolute atomic E-state index is 0.0480. The van der Waals surface area contributed by atoms with Crippen molar-refractivity contribution >= 4 is 11.9 Å². The van der Waals surface area contributed by atoms with Crippen LogP contribution in [-0.2, 0) is 35.1 Å². The SMILES string of the molecule is CC[C@H](OC)[C@@H](C)[C@H]1O[C@@H]1C(N(CCO)Cc1ccc(F)cc1F)C(C)(O)C=CC=C(C)[C@H]1OC(=O)C[C@H](O)CCC(C)(O)[C@@H](OC(C)=O)C=C[C@@H]1C. The summed E-state index contributed by atoms with van der Waals surface area (Å²) in [6, 6.07) is 2.49. The largest absolute Gasteiger partial charge is 0.457 e. The van der Waals surface area contributed by atoms with Crippen LogP contribution in [-0.4, -0.2) is 111 Å². The van der Waals surface area contributed by atoms with Crippen LogP contribution in [0.1, 0.15) is 79.7 Å². The summed E-state index contributed by atoms with van der Waals surface area (Å²) in [6.07, 6.45) is 4.77. The number of carbonyl (C=O) groups is 2. The third-order valence-electron chi connectivity index (χ3n) is 10.3. The Morgan fingerprint density at radius 3 is 2.53 bits per heavy atom. The third-order valence-corrected chi connectivity index (χ3v) is 10.3. The summed E-state index contributed by atoms with van der Waals surface area (Å²) in [7, 11) is 1.63.